The van der Waals surface area contributed by atoms with Gasteiger partial charge in [0.25, 0.3) is 0 Å². The van der Waals surface area contributed by atoms with E-state index in [4.69, 9.17) is 17.9 Å². The Morgan fingerprint density at radius 3 is 2.39 bits per heavy atom. The first-order valence-corrected chi connectivity index (χ1v) is 24.9. The fourth-order valence-electron chi connectivity index (χ4n) is 6.89. The molecule has 0 atom stereocenters. The molecule has 54 heavy (non-hydrogen) atoms. The van der Waals surface area contributed by atoms with Crippen molar-refractivity contribution in [3.63, 3.8) is 0 Å². The maximum Gasteiger partial charge on any atom is 0 e. The first-order valence-electron chi connectivity index (χ1n) is 19.0. The fourth-order valence-corrected chi connectivity index (χ4v) is 9.06. The molecule has 5 aromatic carbocycles. The number of benzene rings is 5. The second kappa shape index (κ2) is 14.1. The first-order chi connectivity index (χ1) is 27.0. The van der Waals surface area contributed by atoms with E-state index >= 15 is 0 Å². The van der Waals surface area contributed by atoms with Crippen LogP contribution in [0.2, 0.25) is 17.3 Å². The summed E-state index contributed by atoms with van der Waals surface area (Å²) in [4.78, 5) is 14.1. The van der Waals surface area contributed by atoms with Crippen molar-refractivity contribution in [1.82, 2.24) is 19.5 Å². The Morgan fingerprint density at radius 1 is 0.741 bits per heavy atom. The molecule has 0 fully saturated rings. The molecule has 0 spiro atoms. The monoisotopic (exact) mass is 946 g/mol. The van der Waals surface area contributed by atoms with Crippen LogP contribution in [0.5, 0.6) is 0 Å². The molecule has 0 N–H and O–H groups in total. The number of nitrogens with zero attached hydrogens (tertiary/aromatic N) is 4. The Labute approximate surface area is 333 Å². The number of hydrogen-bond acceptors (Lipinski definition) is 5. The molecular weight excluding hydrogens is 905 g/mol. The number of fused-ring (bicyclic) bond motifs is 7. The van der Waals surface area contributed by atoms with E-state index < -0.39 is 13.3 Å². The van der Waals surface area contributed by atoms with Gasteiger partial charge in [-0.25, -0.2) is 4.98 Å². The normalized spacial score (nSPS) is 12.4. The van der Waals surface area contributed by atoms with Gasteiger partial charge in [-0.15, -0.1) is 18.2 Å². The predicted molar refractivity (Wildman–Crippen MR) is 219 cm³/mol. The third kappa shape index (κ3) is 6.26. The molecule has 1 radical (unpaired) electrons. The Kier molecular flexibility index (Phi) is 8.41. The summed E-state index contributed by atoms with van der Waals surface area (Å²) in [6.07, 6.45) is 1.89. The van der Waals surface area contributed by atoms with E-state index in [1.807, 2.05) is 67.7 Å². The maximum atomic E-state index is 7.65. The molecule has 0 saturated carbocycles. The standard InChI is InChI=1S/C32H20N3O2.C14H16GeN.Ir/c1-18-14-17-26(30-28(18)22-8-3-6-13-27(22)36-30)35-25-12-5-4-11-24(25)34-31(35)23-10-7-9-20-21-16-15-19(2)33-32(21)37-29(20)23;1-15(2,3)13-9-10-14(16-11-13)12-7-5-4-6-8-12;/h3-9,11-17H,1-2H3;4-7,9-11H,1-3H3;/q2*-1;/i;4D,5D,6D;. The van der Waals surface area contributed by atoms with Crippen molar-refractivity contribution in [3.05, 3.63) is 151 Å². The molecule has 10 aromatic rings. The van der Waals surface area contributed by atoms with Gasteiger partial charge in [-0.3, -0.25) is 4.98 Å². The van der Waals surface area contributed by atoms with Gasteiger partial charge in [-0.1, -0.05) is 47.3 Å². The zero-order valence-electron chi connectivity index (χ0n) is 33.3. The van der Waals surface area contributed by atoms with E-state index in [-0.39, 0.29) is 38.2 Å². The van der Waals surface area contributed by atoms with Crippen LogP contribution >= 0.6 is 0 Å². The van der Waals surface area contributed by atoms with Gasteiger partial charge < -0.3 is 13.4 Å². The SMILES string of the molecule is Cc1ccc2c(n1)oc1c(-c3nc4ccccc4n3-c3ccc(C)c4c3oc3ccccc34)[c-]ccc12.[2H]c1[c-]c(-c2cc[c]([Ge]([CH3])([CH3])[CH3])cn2)cc([2H])c1[2H].[Ir]. The molecule has 0 aliphatic heterocycles. The number of para-hydroxylation sites is 3. The van der Waals surface area contributed by atoms with Crippen LogP contribution in [0.1, 0.15) is 15.4 Å². The molecule has 0 aliphatic rings. The number of imidazole rings is 1. The number of pyridine rings is 2. The molecule has 0 amide bonds. The van der Waals surface area contributed by atoms with Crippen molar-refractivity contribution in [3.8, 4) is 28.3 Å². The van der Waals surface area contributed by atoms with Crippen molar-refractivity contribution >= 4 is 72.7 Å². The van der Waals surface area contributed by atoms with Gasteiger partial charge in [-0.05, 0) is 55.8 Å². The fraction of sp³-hybridized carbons (Fsp3) is 0.109. The minimum absolute atomic E-state index is 0. The Hall–Kier alpha value is -5.34. The summed E-state index contributed by atoms with van der Waals surface area (Å²) in [6.45, 7) is 4.09. The molecular formula is C46H36GeIrN4O2-2. The van der Waals surface area contributed by atoms with Gasteiger partial charge in [0.2, 0.25) is 5.71 Å². The quantitative estimate of drug-likeness (QED) is 0.130. The van der Waals surface area contributed by atoms with Crippen LogP contribution in [0.4, 0.5) is 0 Å². The van der Waals surface area contributed by atoms with Crippen molar-refractivity contribution < 1.29 is 33.1 Å². The van der Waals surface area contributed by atoms with Crippen LogP contribution in [-0.2, 0) is 20.1 Å². The number of aryl methyl sites for hydroxylation is 2. The van der Waals surface area contributed by atoms with E-state index in [0.717, 1.165) is 72.1 Å². The summed E-state index contributed by atoms with van der Waals surface area (Å²) in [5, 5.41) is 4.19. The second-order valence-corrected chi connectivity index (χ2v) is 24.9. The molecule has 267 valence electrons. The zero-order chi connectivity index (χ0) is 38.9. The van der Waals surface area contributed by atoms with Crippen LogP contribution in [0.25, 0.3) is 83.4 Å². The zero-order valence-corrected chi connectivity index (χ0v) is 34.8. The number of hydrogen-bond donors (Lipinski definition) is 0. The van der Waals surface area contributed by atoms with Gasteiger partial charge in [-0.2, -0.15) is 0 Å². The van der Waals surface area contributed by atoms with Crippen LogP contribution in [-0.4, -0.2) is 32.8 Å². The maximum absolute atomic E-state index is 7.65. The molecule has 0 aliphatic carbocycles. The largest absolute Gasteiger partial charge is 0 e. The summed E-state index contributed by atoms with van der Waals surface area (Å²) < 4.78 is 39.1. The van der Waals surface area contributed by atoms with Gasteiger partial charge in [0.1, 0.15) is 5.58 Å². The Balaban J connectivity index is 0.000000194. The molecule has 5 aromatic heterocycles. The second-order valence-electron chi connectivity index (χ2n) is 14.2. The molecule has 8 heteroatoms. The molecule has 6 nitrogen and oxygen atoms in total. The van der Waals surface area contributed by atoms with Crippen molar-refractivity contribution in [1.29, 1.82) is 0 Å². The summed E-state index contributed by atoms with van der Waals surface area (Å²) >= 11 is -1.86. The minimum atomic E-state index is -1.86. The summed E-state index contributed by atoms with van der Waals surface area (Å²) in [5.74, 6) is 7.66. The molecule has 0 bridgehead atoms. The van der Waals surface area contributed by atoms with E-state index in [1.54, 1.807) is 6.07 Å². The van der Waals surface area contributed by atoms with Crippen LogP contribution in [0, 0.1) is 26.0 Å². The number of furan rings is 2. The van der Waals surface area contributed by atoms with E-state index in [1.165, 1.54) is 9.96 Å². The predicted octanol–water partition coefficient (Wildman–Crippen LogP) is 11.4. The molecule has 10 rings (SSSR count). The van der Waals surface area contributed by atoms with Crippen LogP contribution < -0.4 is 4.40 Å². The number of aromatic nitrogens is 4. The van der Waals surface area contributed by atoms with E-state index in [2.05, 4.69) is 93.3 Å². The topological polar surface area (TPSA) is 69.9 Å². The van der Waals surface area contributed by atoms with E-state index in [9.17, 15) is 0 Å². The smallest absolute Gasteiger partial charge is 0 e. The Morgan fingerprint density at radius 2 is 1.57 bits per heavy atom. The van der Waals surface area contributed by atoms with E-state index in [0.29, 0.717) is 17.0 Å². The van der Waals surface area contributed by atoms with Crippen LogP contribution in [0.15, 0.2) is 136 Å². The molecule has 5 heterocycles. The van der Waals surface area contributed by atoms with Gasteiger partial charge in [0, 0.05) is 42.0 Å². The van der Waals surface area contributed by atoms with Gasteiger partial charge >= 0.3 is 104 Å². The third-order valence-corrected chi connectivity index (χ3v) is 13.9. The molecule has 0 saturated heterocycles. The van der Waals surface area contributed by atoms with Crippen LogP contribution in [0.3, 0.4) is 0 Å². The van der Waals surface area contributed by atoms with Crippen molar-refractivity contribution in [2.45, 2.75) is 31.1 Å². The third-order valence-electron chi connectivity index (χ3n) is 9.63. The Bertz CT molecular complexity index is 3130. The van der Waals surface area contributed by atoms with Gasteiger partial charge in [0.05, 0.1) is 28.1 Å². The van der Waals surface area contributed by atoms with Gasteiger partial charge in [0.15, 0.2) is 5.58 Å². The first kappa shape index (κ1) is 32.1. The summed E-state index contributed by atoms with van der Waals surface area (Å²) in [5.41, 5.74) is 10.0. The average Bonchev–Trinajstić information content (AvgIpc) is 3.89. The summed E-state index contributed by atoms with van der Waals surface area (Å²) in [7, 11) is 0. The minimum Gasteiger partial charge on any atom is 0 e. The van der Waals surface area contributed by atoms with Crippen molar-refractivity contribution in [2.75, 3.05) is 0 Å². The molecule has 0 unspecified atom stereocenters. The van der Waals surface area contributed by atoms with Crippen molar-refractivity contribution in [2.24, 2.45) is 0 Å². The number of rotatable bonds is 4. The average molecular weight is 945 g/mol. The summed E-state index contributed by atoms with van der Waals surface area (Å²) in [6, 6.07) is 40.3.